The molecule has 0 spiro atoms. The van der Waals surface area contributed by atoms with E-state index in [1.807, 2.05) is 6.26 Å². The quantitative estimate of drug-likeness (QED) is 0.123. The van der Waals surface area contributed by atoms with Gasteiger partial charge >= 0.3 is 0 Å². The summed E-state index contributed by atoms with van der Waals surface area (Å²) < 4.78 is 0. The number of anilines is 1. The third-order valence-corrected chi connectivity index (χ3v) is 6.53. The van der Waals surface area contributed by atoms with Crippen LogP contribution in [0.25, 0.3) is 0 Å². The maximum absolute atomic E-state index is 9.11. The van der Waals surface area contributed by atoms with Crippen molar-refractivity contribution in [2.75, 3.05) is 17.7 Å². The largest absolute Gasteiger partial charge is 0.382 e. The highest BCUT2D eigenvalue weighted by atomic mass is 32.2. The van der Waals surface area contributed by atoms with Crippen LogP contribution in [0.15, 0.2) is 10.2 Å². The minimum atomic E-state index is 0.297. The summed E-state index contributed by atoms with van der Waals surface area (Å²) >= 11 is 3.09. The van der Waals surface area contributed by atoms with E-state index < -0.39 is 0 Å². The van der Waals surface area contributed by atoms with Crippen LogP contribution >= 0.6 is 23.5 Å². The molecule has 0 atom stereocenters. The summed E-state index contributed by atoms with van der Waals surface area (Å²) in [4.78, 5) is 8.69. The lowest BCUT2D eigenvalue weighted by Crippen LogP contribution is -2.01. The number of rotatable bonds is 17. The van der Waals surface area contributed by atoms with E-state index >= 15 is 0 Å². The van der Waals surface area contributed by atoms with Crippen LogP contribution in [0.5, 0.6) is 0 Å². The third kappa shape index (κ3) is 11.2. The fourth-order valence-electron chi connectivity index (χ4n) is 3.21. The number of nitrogens with zero attached hydrogens (tertiary/aromatic N) is 3. The number of hydrogen-bond donors (Lipinski definition) is 1. The normalized spacial score (nSPS) is 10.9. The molecule has 0 aliphatic heterocycles. The van der Waals surface area contributed by atoms with Crippen LogP contribution in [0.3, 0.4) is 0 Å². The van der Waals surface area contributed by atoms with Crippen LogP contribution in [0, 0.1) is 11.3 Å². The van der Waals surface area contributed by atoms with E-state index in [0.29, 0.717) is 21.6 Å². The molecule has 0 amide bonds. The predicted molar refractivity (Wildman–Crippen MR) is 124 cm³/mol. The Bertz CT molecular complexity index is 572. The fourth-order valence-corrected chi connectivity index (χ4v) is 4.65. The van der Waals surface area contributed by atoms with Gasteiger partial charge in [0.25, 0.3) is 0 Å². The fraction of sp³-hybridized carbons (Fsp3) is 0.773. The van der Waals surface area contributed by atoms with E-state index in [0.717, 1.165) is 5.75 Å². The first-order valence-corrected chi connectivity index (χ1v) is 13.2. The third-order valence-electron chi connectivity index (χ3n) is 4.92. The molecular weight excluding hydrogens is 384 g/mol. The second-order valence-electron chi connectivity index (χ2n) is 7.33. The van der Waals surface area contributed by atoms with Crippen molar-refractivity contribution in [1.29, 1.82) is 5.26 Å². The second kappa shape index (κ2) is 17.0. The lowest BCUT2D eigenvalue weighted by atomic mass is 10.0. The molecule has 28 heavy (non-hydrogen) atoms. The number of nitrogen functional groups attached to an aromatic ring is 1. The molecule has 0 saturated carbocycles. The van der Waals surface area contributed by atoms with E-state index in [-0.39, 0.29) is 0 Å². The van der Waals surface area contributed by atoms with Crippen molar-refractivity contribution in [2.45, 2.75) is 107 Å². The van der Waals surface area contributed by atoms with Gasteiger partial charge in [-0.15, -0.1) is 11.8 Å². The number of nitrogens with two attached hydrogens (primary N) is 1. The number of nitriles is 1. The molecule has 0 fully saturated rings. The Hall–Kier alpha value is -0.930. The van der Waals surface area contributed by atoms with Gasteiger partial charge in [0.1, 0.15) is 22.5 Å². The van der Waals surface area contributed by atoms with Gasteiger partial charge in [0, 0.05) is 5.75 Å². The van der Waals surface area contributed by atoms with Gasteiger partial charge in [-0.1, -0.05) is 102 Å². The molecule has 4 nitrogen and oxygen atoms in total. The molecule has 0 aromatic carbocycles. The highest BCUT2D eigenvalue weighted by molar-refractivity contribution is 7.99. The van der Waals surface area contributed by atoms with Gasteiger partial charge < -0.3 is 5.73 Å². The van der Waals surface area contributed by atoms with Gasteiger partial charge in [-0.25, -0.2) is 9.97 Å². The first-order valence-electron chi connectivity index (χ1n) is 11.0. The lowest BCUT2D eigenvalue weighted by Gasteiger charge is -2.06. The molecule has 1 aromatic heterocycles. The van der Waals surface area contributed by atoms with Crippen molar-refractivity contribution in [3.8, 4) is 6.07 Å². The molecule has 0 aliphatic rings. The molecular formula is C22H38N4S2. The van der Waals surface area contributed by atoms with E-state index in [2.05, 4.69) is 23.0 Å². The van der Waals surface area contributed by atoms with Crippen molar-refractivity contribution in [2.24, 2.45) is 0 Å². The van der Waals surface area contributed by atoms with Gasteiger partial charge in [0.15, 0.2) is 5.16 Å². The Kier molecular flexibility index (Phi) is 15.2. The molecule has 1 rings (SSSR count). The lowest BCUT2D eigenvalue weighted by molar-refractivity contribution is 0.538. The van der Waals surface area contributed by atoms with E-state index in [1.165, 1.54) is 102 Å². The van der Waals surface area contributed by atoms with Gasteiger partial charge in [0.05, 0.1) is 0 Å². The van der Waals surface area contributed by atoms with Crippen molar-refractivity contribution < 1.29 is 0 Å². The predicted octanol–water partition coefficient (Wildman–Crippen LogP) is 7.23. The molecule has 1 heterocycles. The number of unbranched alkanes of at least 4 members (excludes halogenated alkanes) is 13. The summed E-state index contributed by atoms with van der Waals surface area (Å²) in [6, 6.07) is 2.08. The smallest absolute Gasteiger partial charge is 0.190 e. The van der Waals surface area contributed by atoms with Crippen LogP contribution in [0.2, 0.25) is 0 Å². The maximum atomic E-state index is 9.11. The summed E-state index contributed by atoms with van der Waals surface area (Å²) in [7, 11) is 0. The molecule has 1 aromatic rings. The molecule has 0 radical (unpaired) electrons. The van der Waals surface area contributed by atoms with Crippen molar-refractivity contribution in [3.05, 3.63) is 5.56 Å². The topological polar surface area (TPSA) is 75.6 Å². The standard InChI is InChI=1S/C22H38N4S2/c1-3-4-5-6-7-8-9-10-11-12-13-14-15-16-17-28-22-25-20(24)19(18-23)21(26-22)27-2/h3-17H2,1-2H3,(H2,24,25,26). The minimum absolute atomic E-state index is 0.297. The van der Waals surface area contributed by atoms with Crippen molar-refractivity contribution in [3.63, 3.8) is 0 Å². The highest BCUT2D eigenvalue weighted by Crippen LogP contribution is 2.25. The van der Waals surface area contributed by atoms with E-state index in [9.17, 15) is 0 Å². The zero-order valence-electron chi connectivity index (χ0n) is 17.8. The summed E-state index contributed by atoms with van der Waals surface area (Å²) in [6.45, 7) is 2.28. The van der Waals surface area contributed by atoms with E-state index in [1.54, 1.807) is 11.8 Å². The summed E-state index contributed by atoms with van der Waals surface area (Å²) in [5.41, 5.74) is 6.26. The Morgan fingerprint density at radius 1 is 0.821 bits per heavy atom. The Labute approximate surface area is 180 Å². The highest BCUT2D eigenvalue weighted by Gasteiger charge is 2.11. The van der Waals surface area contributed by atoms with Crippen LogP contribution < -0.4 is 5.73 Å². The molecule has 0 aliphatic carbocycles. The summed E-state index contributed by atoms with van der Waals surface area (Å²) in [5, 5.41) is 10.5. The van der Waals surface area contributed by atoms with Crippen LogP contribution in [-0.4, -0.2) is 22.0 Å². The summed E-state index contributed by atoms with van der Waals surface area (Å²) in [5.74, 6) is 1.31. The number of thioether (sulfide) groups is 2. The zero-order chi connectivity index (χ0) is 20.5. The molecule has 0 bridgehead atoms. The molecule has 0 saturated heterocycles. The van der Waals surface area contributed by atoms with Crippen LogP contribution in [-0.2, 0) is 0 Å². The minimum Gasteiger partial charge on any atom is -0.382 e. The summed E-state index contributed by atoms with van der Waals surface area (Å²) in [6.07, 6.45) is 21.1. The first kappa shape index (κ1) is 25.1. The number of hydrogen-bond acceptors (Lipinski definition) is 6. The second-order valence-corrected chi connectivity index (χ2v) is 9.19. The molecule has 158 valence electrons. The Morgan fingerprint density at radius 3 is 1.79 bits per heavy atom. The van der Waals surface area contributed by atoms with Gasteiger partial charge in [-0.3, -0.25) is 0 Å². The van der Waals surface area contributed by atoms with Gasteiger partial charge in [0.2, 0.25) is 0 Å². The van der Waals surface area contributed by atoms with E-state index in [4.69, 9.17) is 11.0 Å². The molecule has 0 unspecified atom stereocenters. The average molecular weight is 423 g/mol. The van der Waals surface area contributed by atoms with Crippen LogP contribution in [0.4, 0.5) is 5.82 Å². The Morgan fingerprint density at radius 2 is 1.32 bits per heavy atom. The molecule has 2 N–H and O–H groups in total. The average Bonchev–Trinajstić information content (AvgIpc) is 2.70. The SMILES string of the molecule is CCCCCCCCCCCCCCCCSc1nc(N)c(C#N)c(SC)n1. The monoisotopic (exact) mass is 422 g/mol. The van der Waals surface area contributed by atoms with Crippen LogP contribution in [0.1, 0.15) is 102 Å². The Balaban J connectivity index is 1.97. The van der Waals surface area contributed by atoms with Crippen molar-refractivity contribution >= 4 is 29.3 Å². The number of aromatic nitrogens is 2. The zero-order valence-corrected chi connectivity index (χ0v) is 19.5. The van der Waals surface area contributed by atoms with Gasteiger partial charge in [-0.05, 0) is 12.7 Å². The maximum Gasteiger partial charge on any atom is 0.190 e. The van der Waals surface area contributed by atoms with Crippen molar-refractivity contribution in [1.82, 2.24) is 9.97 Å². The first-order chi connectivity index (χ1) is 13.7. The van der Waals surface area contributed by atoms with Gasteiger partial charge in [-0.2, -0.15) is 5.26 Å². The molecule has 6 heteroatoms.